The smallest absolute Gasteiger partial charge is 0.260 e. The Morgan fingerprint density at radius 1 is 1.26 bits per heavy atom. The predicted molar refractivity (Wildman–Crippen MR) is 92.1 cm³/mol. The van der Waals surface area contributed by atoms with E-state index in [1.54, 1.807) is 19.1 Å². The molecule has 0 bridgehead atoms. The number of nitrogens with one attached hydrogen (secondary N) is 1. The van der Waals surface area contributed by atoms with Crippen LogP contribution in [0.3, 0.4) is 0 Å². The zero-order valence-corrected chi connectivity index (χ0v) is 14.7. The maximum absolute atomic E-state index is 12.8. The molecule has 122 valence electrons. The first-order valence-electron chi connectivity index (χ1n) is 7.40. The average molecular weight is 380 g/mol. The Morgan fingerprint density at radius 3 is 2.61 bits per heavy atom. The second-order valence-electron chi connectivity index (χ2n) is 5.36. The van der Waals surface area contributed by atoms with Gasteiger partial charge in [0.1, 0.15) is 11.6 Å². The van der Waals surface area contributed by atoms with Gasteiger partial charge in [0.15, 0.2) is 6.10 Å². The molecule has 0 heterocycles. The van der Waals surface area contributed by atoms with Crippen LogP contribution in [0.15, 0.2) is 46.9 Å². The lowest BCUT2D eigenvalue weighted by Crippen LogP contribution is -2.37. The van der Waals surface area contributed by atoms with Gasteiger partial charge in [-0.2, -0.15) is 0 Å². The van der Waals surface area contributed by atoms with Crippen LogP contribution in [0.4, 0.5) is 4.39 Å². The molecule has 2 aromatic carbocycles. The van der Waals surface area contributed by atoms with E-state index in [2.05, 4.69) is 21.2 Å². The molecule has 2 aromatic rings. The molecule has 1 atom stereocenters. The molecule has 1 N–H and O–H groups in total. The quantitative estimate of drug-likeness (QED) is 0.822. The number of ether oxygens (including phenoxy) is 1. The Hall–Kier alpha value is -1.88. The minimum Gasteiger partial charge on any atom is -0.480 e. The lowest BCUT2D eigenvalue weighted by atomic mass is 10.1. The van der Waals surface area contributed by atoms with E-state index >= 15 is 0 Å². The van der Waals surface area contributed by atoms with Gasteiger partial charge in [-0.3, -0.25) is 4.79 Å². The first kappa shape index (κ1) is 17.5. The standard InChI is InChI=1S/C18H19BrFNO2/c1-12-3-8-17(16(19)11-12)23-13(2)18(22)21-10-9-14-4-6-15(20)7-5-14/h3-8,11,13H,9-10H2,1-2H3,(H,21,22). The summed E-state index contributed by atoms with van der Waals surface area (Å²) in [6, 6.07) is 12.0. The Labute approximate surface area is 144 Å². The summed E-state index contributed by atoms with van der Waals surface area (Å²) in [5, 5.41) is 2.82. The van der Waals surface area contributed by atoms with Crippen molar-refractivity contribution < 1.29 is 13.9 Å². The molecular weight excluding hydrogens is 361 g/mol. The molecule has 1 amide bonds. The van der Waals surface area contributed by atoms with Crippen molar-refractivity contribution in [2.75, 3.05) is 6.54 Å². The lowest BCUT2D eigenvalue weighted by molar-refractivity contribution is -0.127. The van der Waals surface area contributed by atoms with E-state index in [0.717, 1.165) is 15.6 Å². The fourth-order valence-electron chi connectivity index (χ4n) is 2.07. The summed E-state index contributed by atoms with van der Waals surface area (Å²) in [6.45, 7) is 4.17. The van der Waals surface area contributed by atoms with E-state index in [1.165, 1.54) is 12.1 Å². The van der Waals surface area contributed by atoms with Crippen LogP contribution in [0.1, 0.15) is 18.1 Å². The SMILES string of the molecule is Cc1ccc(OC(C)C(=O)NCCc2ccc(F)cc2)c(Br)c1. The summed E-state index contributed by atoms with van der Waals surface area (Å²) in [6.07, 6.45) is 0.0506. The van der Waals surface area contributed by atoms with Crippen LogP contribution in [-0.4, -0.2) is 18.6 Å². The Kier molecular flexibility index (Phi) is 6.16. The second-order valence-corrected chi connectivity index (χ2v) is 6.22. The third-order valence-electron chi connectivity index (χ3n) is 3.39. The Balaban J connectivity index is 1.81. The van der Waals surface area contributed by atoms with E-state index in [1.807, 2.05) is 25.1 Å². The van der Waals surface area contributed by atoms with Crippen molar-refractivity contribution in [3.05, 3.63) is 63.9 Å². The molecule has 3 nitrogen and oxygen atoms in total. The summed E-state index contributed by atoms with van der Waals surface area (Å²) < 4.78 is 19.3. The van der Waals surface area contributed by atoms with Gasteiger partial charge in [0, 0.05) is 6.54 Å². The van der Waals surface area contributed by atoms with Crippen LogP contribution in [0.25, 0.3) is 0 Å². The van der Waals surface area contributed by atoms with Gasteiger partial charge in [-0.1, -0.05) is 18.2 Å². The van der Waals surface area contributed by atoms with E-state index in [9.17, 15) is 9.18 Å². The van der Waals surface area contributed by atoms with Crippen molar-refractivity contribution >= 4 is 21.8 Å². The normalized spacial score (nSPS) is 11.8. The molecule has 0 saturated carbocycles. The first-order valence-corrected chi connectivity index (χ1v) is 8.20. The topological polar surface area (TPSA) is 38.3 Å². The van der Waals surface area contributed by atoms with Gasteiger partial charge < -0.3 is 10.1 Å². The number of halogens is 2. The number of hydrogen-bond acceptors (Lipinski definition) is 2. The van der Waals surface area contributed by atoms with Crippen molar-refractivity contribution in [3.8, 4) is 5.75 Å². The monoisotopic (exact) mass is 379 g/mol. The number of carbonyl (C=O) groups excluding carboxylic acids is 1. The van der Waals surface area contributed by atoms with Gasteiger partial charge in [0.2, 0.25) is 0 Å². The highest BCUT2D eigenvalue weighted by Crippen LogP contribution is 2.26. The van der Waals surface area contributed by atoms with Gasteiger partial charge in [0.25, 0.3) is 5.91 Å². The van der Waals surface area contributed by atoms with E-state index in [4.69, 9.17) is 4.74 Å². The number of rotatable bonds is 6. The average Bonchev–Trinajstić information content (AvgIpc) is 2.51. The van der Waals surface area contributed by atoms with Gasteiger partial charge >= 0.3 is 0 Å². The van der Waals surface area contributed by atoms with Gasteiger partial charge in [-0.15, -0.1) is 0 Å². The molecule has 2 rings (SSSR count). The predicted octanol–water partition coefficient (Wildman–Crippen LogP) is 4.02. The van der Waals surface area contributed by atoms with Gasteiger partial charge in [-0.05, 0) is 71.6 Å². The molecular formula is C18H19BrFNO2. The van der Waals surface area contributed by atoms with Gasteiger partial charge in [0.05, 0.1) is 4.47 Å². The molecule has 0 spiro atoms. The minimum absolute atomic E-state index is 0.181. The first-order chi connectivity index (χ1) is 11.0. The molecule has 5 heteroatoms. The summed E-state index contributed by atoms with van der Waals surface area (Å²) in [7, 11) is 0. The van der Waals surface area contributed by atoms with Crippen LogP contribution < -0.4 is 10.1 Å². The zero-order valence-electron chi connectivity index (χ0n) is 13.1. The zero-order chi connectivity index (χ0) is 16.8. The second kappa shape index (κ2) is 8.11. The van der Waals surface area contributed by atoms with Crippen LogP contribution in [0.5, 0.6) is 5.75 Å². The highest BCUT2D eigenvalue weighted by atomic mass is 79.9. The Bertz CT molecular complexity index is 673. The van der Waals surface area contributed by atoms with Crippen LogP contribution in [0.2, 0.25) is 0 Å². The molecule has 0 saturated heterocycles. The molecule has 0 aliphatic carbocycles. The minimum atomic E-state index is -0.595. The number of aryl methyl sites for hydroxylation is 1. The third-order valence-corrected chi connectivity index (χ3v) is 4.01. The molecule has 1 unspecified atom stereocenters. The summed E-state index contributed by atoms with van der Waals surface area (Å²) in [4.78, 5) is 12.1. The molecule has 0 fully saturated rings. The third kappa shape index (κ3) is 5.36. The molecule has 0 aliphatic rings. The van der Waals surface area contributed by atoms with Crippen LogP contribution in [0, 0.1) is 12.7 Å². The molecule has 0 aromatic heterocycles. The number of benzene rings is 2. The molecule has 23 heavy (non-hydrogen) atoms. The highest BCUT2D eigenvalue weighted by Gasteiger charge is 2.15. The van der Waals surface area contributed by atoms with Crippen molar-refractivity contribution in [3.63, 3.8) is 0 Å². The largest absolute Gasteiger partial charge is 0.480 e. The van der Waals surface area contributed by atoms with Crippen molar-refractivity contribution in [1.82, 2.24) is 5.32 Å². The van der Waals surface area contributed by atoms with E-state index in [0.29, 0.717) is 18.7 Å². The van der Waals surface area contributed by atoms with Crippen molar-refractivity contribution in [2.45, 2.75) is 26.4 Å². The van der Waals surface area contributed by atoms with Crippen molar-refractivity contribution in [1.29, 1.82) is 0 Å². The van der Waals surface area contributed by atoms with Crippen LogP contribution in [-0.2, 0) is 11.2 Å². The van der Waals surface area contributed by atoms with E-state index in [-0.39, 0.29) is 11.7 Å². The number of carbonyl (C=O) groups is 1. The summed E-state index contributed by atoms with van der Waals surface area (Å²) in [5.41, 5.74) is 2.09. The van der Waals surface area contributed by atoms with Crippen LogP contribution >= 0.6 is 15.9 Å². The summed E-state index contributed by atoms with van der Waals surface area (Å²) >= 11 is 3.43. The fourth-order valence-corrected chi connectivity index (χ4v) is 2.66. The number of amides is 1. The maximum atomic E-state index is 12.8. The Morgan fingerprint density at radius 2 is 1.96 bits per heavy atom. The number of hydrogen-bond donors (Lipinski definition) is 1. The van der Waals surface area contributed by atoms with Crippen molar-refractivity contribution in [2.24, 2.45) is 0 Å². The molecule has 0 aliphatic heterocycles. The maximum Gasteiger partial charge on any atom is 0.260 e. The van der Waals surface area contributed by atoms with E-state index < -0.39 is 6.10 Å². The summed E-state index contributed by atoms with van der Waals surface area (Å²) in [5.74, 6) is 0.194. The fraction of sp³-hybridized carbons (Fsp3) is 0.278. The van der Waals surface area contributed by atoms with Gasteiger partial charge in [-0.25, -0.2) is 4.39 Å². The molecule has 0 radical (unpaired) electrons. The lowest BCUT2D eigenvalue weighted by Gasteiger charge is -2.16. The highest BCUT2D eigenvalue weighted by molar-refractivity contribution is 9.10.